The van der Waals surface area contributed by atoms with Gasteiger partial charge in [0.15, 0.2) is 0 Å². The number of carbonyl (C=O) groups excluding carboxylic acids is 2. The number of esters is 1. The minimum atomic E-state index is -0.928. The highest BCUT2D eigenvalue weighted by Crippen LogP contribution is 2.35. The summed E-state index contributed by atoms with van der Waals surface area (Å²) in [6.07, 6.45) is 26.3. The lowest BCUT2D eigenvalue weighted by atomic mass is 10.1. The van der Waals surface area contributed by atoms with Gasteiger partial charge in [-0.05, 0) is 243 Å². The van der Waals surface area contributed by atoms with Gasteiger partial charge < -0.3 is 75.0 Å². The van der Waals surface area contributed by atoms with E-state index in [4.69, 9.17) is 25.4 Å². The molecule has 15 rings (SSSR count). The Morgan fingerprint density at radius 2 is 0.812 bits per heavy atom. The van der Waals surface area contributed by atoms with E-state index in [1.54, 1.807) is 36.3 Å². The second-order valence-electron chi connectivity index (χ2n) is 30.2. The molecule has 3 aromatic carbocycles. The maximum atomic E-state index is 12.8. The van der Waals surface area contributed by atoms with E-state index in [1.165, 1.54) is 97.1 Å². The Labute approximate surface area is 658 Å². The number of nitrogens with two attached hydrogens (primary N) is 1. The molecular formula is C88H113N19O5. The van der Waals surface area contributed by atoms with Gasteiger partial charge in [0.2, 0.25) is 0 Å². The predicted octanol–water partition coefficient (Wildman–Crippen LogP) is 13.9. The molecule has 3 fully saturated rings. The number of fused-ring (bicyclic) bond motifs is 6. The van der Waals surface area contributed by atoms with Crippen molar-refractivity contribution < 1.29 is 24.2 Å². The lowest BCUT2D eigenvalue weighted by Gasteiger charge is -2.26. The molecule has 0 unspecified atom stereocenters. The molecule has 12 aromatic rings. The number of nitrogens with zero attached hydrogens (tertiary/aromatic N) is 14. The number of ether oxygens (including phenoxy) is 1. The molecular weight excluding hydrogens is 1400 g/mol. The maximum absolute atomic E-state index is 12.8. The third-order valence-corrected chi connectivity index (χ3v) is 21.4. The zero-order valence-corrected chi connectivity index (χ0v) is 66.8. The van der Waals surface area contributed by atoms with Crippen LogP contribution in [0.25, 0.3) is 99.2 Å². The van der Waals surface area contributed by atoms with E-state index in [-0.39, 0.29) is 17.6 Å². The van der Waals surface area contributed by atoms with E-state index in [9.17, 15) is 19.5 Å². The fourth-order valence-corrected chi connectivity index (χ4v) is 15.3. The van der Waals surface area contributed by atoms with Gasteiger partial charge in [0, 0.05) is 187 Å². The Morgan fingerprint density at radius 3 is 1.16 bits per heavy atom. The molecule has 112 heavy (non-hydrogen) atoms. The van der Waals surface area contributed by atoms with Crippen LogP contribution in [0.3, 0.4) is 0 Å². The molecule has 0 atom stereocenters. The Hall–Kier alpha value is -10.5. The third kappa shape index (κ3) is 21.0. The number of benzene rings is 3. The number of nitrogens with one attached hydrogen (secondary N) is 4. The average Bonchev–Trinajstić information content (AvgIpc) is 1.60. The van der Waals surface area contributed by atoms with Crippen LogP contribution in [0, 0.1) is 0 Å². The van der Waals surface area contributed by atoms with Crippen molar-refractivity contribution in [2.75, 3.05) is 155 Å². The van der Waals surface area contributed by atoms with Gasteiger partial charge in [0.25, 0.3) is 5.91 Å². The molecule has 24 heteroatoms. The van der Waals surface area contributed by atoms with Crippen molar-refractivity contribution in [1.29, 1.82) is 0 Å². The zero-order valence-electron chi connectivity index (χ0n) is 66.8. The Morgan fingerprint density at radius 1 is 0.455 bits per heavy atom. The largest absolute Gasteiger partial charge is 0.477 e. The number of carbonyl (C=O) groups is 3. The fourth-order valence-electron chi connectivity index (χ4n) is 15.3. The van der Waals surface area contributed by atoms with E-state index >= 15 is 0 Å². The second kappa shape index (κ2) is 39.6. The number of aromatic carboxylic acids is 1. The monoisotopic (exact) mass is 1520 g/mol. The van der Waals surface area contributed by atoms with E-state index in [0.29, 0.717) is 24.5 Å². The first-order valence-corrected chi connectivity index (χ1v) is 40.1. The van der Waals surface area contributed by atoms with Crippen LogP contribution in [0.2, 0.25) is 0 Å². The van der Waals surface area contributed by atoms with Crippen molar-refractivity contribution in [2.24, 2.45) is 26.9 Å². The molecule has 0 spiro atoms. The molecule has 3 aliphatic rings. The van der Waals surface area contributed by atoms with Crippen molar-refractivity contribution in [3.05, 3.63) is 163 Å². The van der Waals surface area contributed by atoms with E-state index < -0.39 is 5.97 Å². The topological polar surface area (TPSA) is 263 Å². The molecule has 24 nitrogen and oxygen atoms in total. The molecule has 1 amide bonds. The summed E-state index contributed by atoms with van der Waals surface area (Å²) in [6, 6.07) is 36.2. The lowest BCUT2D eigenvalue weighted by molar-refractivity contribution is 0.0515. The first-order valence-electron chi connectivity index (χ1n) is 40.1. The first-order chi connectivity index (χ1) is 54.5. The molecule has 7 N–H and O–H groups in total. The summed E-state index contributed by atoms with van der Waals surface area (Å²) in [7, 11) is 13.6. The maximum Gasteiger partial charge on any atom is 0.354 e. The molecule has 12 heterocycles. The Balaban J connectivity index is 0.000000150. The smallest absolute Gasteiger partial charge is 0.354 e. The van der Waals surface area contributed by atoms with Gasteiger partial charge in [-0.25, -0.2) is 24.5 Å². The van der Waals surface area contributed by atoms with Crippen molar-refractivity contribution in [2.45, 2.75) is 84.0 Å². The van der Waals surface area contributed by atoms with Crippen molar-refractivity contribution in [3.8, 4) is 33.8 Å². The summed E-state index contributed by atoms with van der Waals surface area (Å²) < 4.78 is 10.8. The highest BCUT2D eigenvalue weighted by atomic mass is 16.5. The van der Waals surface area contributed by atoms with Gasteiger partial charge in [0.1, 0.15) is 17.1 Å². The van der Waals surface area contributed by atoms with Crippen LogP contribution in [0.4, 0.5) is 17.1 Å². The zero-order chi connectivity index (χ0) is 78.5. The van der Waals surface area contributed by atoms with Gasteiger partial charge in [0.05, 0.1) is 40.2 Å². The van der Waals surface area contributed by atoms with Crippen LogP contribution in [-0.4, -0.2) is 231 Å². The summed E-state index contributed by atoms with van der Waals surface area (Å²) in [6.45, 7) is 18.8. The molecule has 3 aliphatic heterocycles. The summed E-state index contributed by atoms with van der Waals surface area (Å²) in [5.74, 6) is -1.29. The van der Waals surface area contributed by atoms with Gasteiger partial charge in [-0.2, -0.15) is 0 Å². The number of aromatic nitrogens is 9. The van der Waals surface area contributed by atoms with Gasteiger partial charge >= 0.3 is 11.9 Å². The number of aryl methyl sites for hydroxylation is 3. The summed E-state index contributed by atoms with van der Waals surface area (Å²) in [5.41, 5.74) is 21.1. The van der Waals surface area contributed by atoms with Crippen LogP contribution < -0.4 is 27.0 Å². The van der Waals surface area contributed by atoms with Crippen LogP contribution in [0.1, 0.15) is 115 Å². The normalized spacial score (nSPS) is 14.3. The molecule has 0 saturated carbocycles. The van der Waals surface area contributed by atoms with Crippen LogP contribution in [-0.2, 0) is 25.9 Å². The number of likely N-dealkylation sites (N-methyl/N-ethyl adjacent to an activating group) is 2. The highest BCUT2D eigenvalue weighted by Gasteiger charge is 2.21. The number of amides is 1. The molecule has 590 valence electrons. The molecule has 0 radical (unpaired) electrons. The average molecular weight is 1520 g/mol. The van der Waals surface area contributed by atoms with E-state index in [2.05, 4.69) is 109 Å². The van der Waals surface area contributed by atoms with E-state index in [1.807, 2.05) is 132 Å². The van der Waals surface area contributed by atoms with Gasteiger partial charge in [-0.15, -0.1) is 0 Å². The number of rotatable bonds is 27. The Kier molecular flexibility index (Phi) is 28.7. The number of carboxylic acid groups (broad SMARTS) is 1. The Bertz CT molecular complexity index is 5150. The number of anilines is 3. The number of carboxylic acids is 1. The number of likely N-dealkylation sites (tertiary alicyclic amines) is 3. The SMILES string of the molecule is CCOC(=O)c1cc2cc(-c3cc(NCCCN4CCCCC4)c4cnccc4n3)ccc2n1C.CN(C)CCN.CN(C)CCNC(=O)c1cc2cc(-c3cc(NCCCN4CCCCC4)c4cnccc4n3)ccc2n1C.Cn1c(C(=O)O)cc2cc(-c3cc(NCCCN4CCCCC4)c4cnccc4n3)ccc21. The first kappa shape index (κ1) is 81.0. The molecule has 0 aliphatic carbocycles. The summed E-state index contributed by atoms with van der Waals surface area (Å²) in [5, 5.41) is 29.4. The molecule has 3 saturated heterocycles. The van der Waals surface area contributed by atoms with Crippen molar-refractivity contribution in [3.63, 3.8) is 0 Å². The molecule has 9 aromatic heterocycles. The second-order valence-corrected chi connectivity index (χ2v) is 30.2. The third-order valence-electron chi connectivity index (χ3n) is 21.4. The van der Waals surface area contributed by atoms with Crippen molar-refractivity contribution in [1.82, 2.24) is 73.4 Å². The van der Waals surface area contributed by atoms with Gasteiger partial charge in [-0.1, -0.05) is 37.5 Å². The summed E-state index contributed by atoms with van der Waals surface area (Å²) >= 11 is 0. The number of hydrogen-bond donors (Lipinski definition) is 6. The quantitative estimate of drug-likeness (QED) is 0.0206. The minimum absolute atomic E-state index is 0.0560. The number of pyridine rings is 6. The van der Waals surface area contributed by atoms with E-state index in [0.717, 1.165) is 194 Å². The molecule has 0 bridgehead atoms. The van der Waals surface area contributed by atoms with Crippen LogP contribution >= 0.6 is 0 Å². The number of hydrogen-bond acceptors (Lipinski definition) is 19. The number of piperidine rings is 3. The standard InChI is InChI=1S/C30H39N7O.C28H33N5O2.C26H29N5O2.C4H12N2/c1-35(2)17-13-33-30(38)29-19-23-18-22(8-9-28(23)36(29)3)26-20-27(24-21-31-12-10-25(24)34-26)32-11-7-16-37-14-5-4-6-15-37;1-3-35-28(34)27-17-21-16-20(8-9-26(21)32(27)2)24-18-25(22-19-29-12-10-23(22)31-24)30-11-7-15-33-13-5-4-6-14-33;1-30-24-7-6-18(14-19(24)15-25(30)26(32)33)22-16-23(20-17-27-10-8-21(20)29-22)28-9-5-13-31-11-3-2-4-12-31;1-6(2)4-3-5/h8-10,12,18-21H,4-7,11,13-17H2,1-3H3,(H,32,34)(H,33,38);8-10,12,16-19H,3-7,11,13-15H2,1-2H3,(H,30,31);6-8,10,14-17H,2-5,9,11-13H2,1H3,(H,28,29)(H,32,33);3-5H2,1-2H3. The highest BCUT2D eigenvalue weighted by molar-refractivity contribution is 6.02. The minimum Gasteiger partial charge on any atom is -0.477 e. The van der Waals surface area contributed by atoms with Gasteiger partial charge in [-0.3, -0.25) is 19.7 Å². The predicted molar refractivity (Wildman–Crippen MR) is 456 cm³/mol. The summed E-state index contributed by atoms with van der Waals surface area (Å²) in [4.78, 5) is 76.2. The lowest BCUT2D eigenvalue weighted by Crippen LogP contribution is -2.32. The van der Waals surface area contributed by atoms with Crippen LogP contribution in [0.5, 0.6) is 0 Å². The fraction of sp³-hybridized carbons (Fsp3) is 0.420. The van der Waals surface area contributed by atoms with Crippen molar-refractivity contribution >= 4 is 100 Å². The van der Waals surface area contributed by atoms with Crippen LogP contribution in [0.15, 0.2) is 146 Å².